The quantitative estimate of drug-likeness (QED) is 0.670. The van der Waals surface area contributed by atoms with E-state index in [9.17, 15) is 0 Å². The SMILES string of the molecule is CC1(N)C=CC=CC2=C1C(C)(C)CCC2(C)C. The topological polar surface area (TPSA) is 26.0 Å². The third-order valence-electron chi connectivity index (χ3n) is 4.41. The zero-order valence-corrected chi connectivity index (χ0v) is 11.8. The van der Waals surface area contributed by atoms with Crippen LogP contribution >= 0.6 is 0 Å². The van der Waals surface area contributed by atoms with Gasteiger partial charge in [0, 0.05) is 0 Å². The van der Waals surface area contributed by atoms with E-state index in [1.54, 1.807) is 0 Å². The molecule has 0 saturated heterocycles. The van der Waals surface area contributed by atoms with E-state index in [1.807, 2.05) is 0 Å². The Hall–Kier alpha value is -0.820. The molecule has 2 N–H and O–H groups in total. The second-order valence-electron chi connectivity index (χ2n) is 7.06. The lowest BCUT2D eigenvalue weighted by Crippen LogP contribution is -2.46. The maximum Gasteiger partial charge on any atom is 0.0540 e. The van der Waals surface area contributed by atoms with Crippen molar-refractivity contribution >= 4 is 0 Å². The van der Waals surface area contributed by atoms with Gasteiger partial charge in [0.2, 0.25) is 0 Å². The lowest BCUT2D eigenvalue weighted by Gasteiger charge is -2.47. The van der Waals surface area contributed by atoms with Crippen LogP contribution in [0.15, 0.2) is 35.5 Å². The van der Waals surface area contributed by atoms with Crippen LogP contribution in [0.3, 0.4) is 0 Å². The van der Waals surface area contributed by atoms with Gasteiger partial charge >= 0.3 is 0 Å². The van der Waals surface area contributed by atoms with Crippen LogP contribution in [0.1, 0.15) is 47.5 Å². The van der Waals surface area contributed by atoms with Crippen molar-refractivity contribution in [1.29, 1.82) is 0 Å². The van der Waals surface area contributed by atoms with Gasteiger partial charge in [-0.15, -0.1) is 0 Å². The molecule has 1 heteroatoms. The van der Waals surface area contributed by atoms with E-state index in [0.717, 1.165) is 0 Å². The average molecular weight is 231 g/mol. The first-order valence-electron chi connectivity index (χ1n) is 6.57. The molecule has 1 atom stereocenters. The van der Waals surface area contributed by atoms with E-state index >= 15 is 0 Å². The highest BCUT2D eigenvalue weighted by Crippen LogP contribution is 2.52. The van der Waals surface area contributed by atoms with Crippen LogP contribution < -0.4 is 5.73 Å². The summed E-state index contributed by atoms with van der Waals surface area (Å²) >= 11 is 0. The van der Waals surface area contributed by atoms with Crippen LogP contribution in [0.5, 0.6) is 0 Å². The summed E-state index contributed by atoms with van der Waals surface area (Å²) in [6.07, 6.45) is 11.1. The van der Waals surface area contributed by atoms with Gasteiger partial charge in [0.25, 0.3) is 0 Å². The molecule has 94 valence electrons. The highest BCUT2D eigenvalue weighted by molar-refractivity contribution is 5.48. The molecule has 0 saturated carbocycles. The van der Waals surface area contributed by atoms with Gasteiger partial charge in [0.05, 0.1) is 5.54 Å². The molecule has 0 amide bonds. The highest BCUT2D eigenvalue weighted by atomic mass is 14.7. The zero-order valence-electron chi connectivity index (χ0n) is 11.8. The molecule has 0 aromatic carbocycles. The summed E-state index contributed by atoms with van der Waals surface area (Å²) in [5.74, 6) is 0. The van der Waals surface area contributed by atoms with Gasteiger partial charge in [-0.05, 0) is 41.7 Å². The Balaban J connectivity index is 2.70. The Kier molecular flexibility index (Phi) is 2.66. The van der Waals surface area contributed by atoms with Gasteiger partial charge in [-0.2, -0.15) is 0 Å². The van der Waals surface area contributed by atoms with E-state index in [0.29, 0.717) is 0 Å². The van der Waals surface area contributed by atoms with Crippen molar-refractivity contribution in [2.75, 3.05) is 0 Å². The zero-order chi connectivity index (χ0) is 12.9. The molecule has 0 aromatic heterocycles. The van der Waals surface area contributed by atoms with E-state index in [2.05, 4.69) is 58.9 Å². The number of rotatable bonds is 0. The molecule has 0 fully saturated rings. The monoisotopic (exact) mass is 231 g/mol. The van der Waals surface area contributed by atoms with Gasteiger partial charge in [-0.25, -0.2) is 0 Å². The van der Waals surface area contributed by atoms with Crippen LogP contribution in [0.2, 0.25) is 0 Å². The molecule has 2 aliphatic carbocycles. The predicted molar refractivity (Wildman–Crippen MR) is 74.7 cm³/mol. The van der Waals surface area contributed by atoms with Gasteiger partial charge < -0.3 is 5.73 Å². The third-order valence-corrected chi connectivity index (χ3v) is 4.41. The Morgan fingerprint density at radius 1 is 0.941 bits per heavy atom. The lowest BCUT2D eigenvalue weighted by molar-refractivity contribution is 0.246. The fraction of sp³-hybridized carbons (Fsp3) is 0.625. The first-order chi connectivity index (χ1) is 7.67. The maximum absolute atomic E-state index is 6.54. The highest BCUT2D eigenvalue weighted by Gasteiger charge is 2.43. The molecule has 2 aliphatic rings. The Morgan fingerprint density at radius 3 is 2.18 bits per heavy atom. The molecule has 0 spiro atoms. The van der Waals surface area contributed by atoms with Gasteiger partial charge in [-0.1, -0.05) is 52.0 Å². The molecule has 1 unspecified atom stereocenters. The molecule has 0 aliphatic heterocycles. The van der Waals surface area contributed by atoms with Gasteiger partial charge in [-0.3, -0.25) is 0 Å². The minimum Gasteiger partial charge on any atom is -0.319 e. The summed E-state index contributed by atoms with van der Waals surface area (Å²) < 4.78 is 0. The van der Waals surface area contributed by atoms with Crippen molar-refractivity contribution in [3.05, 3.63) is 35.5 Å². The van der Waals surface area contributed by atoms with Crippen molar-refractivity contribution in [3.8, 4) is 0 Å². The van der Waals surface area contributed by atoms with Crippen LogP contribution in [0.25, 0.3) is 0 Å². The van der Waals surface area contributed by atoms with Crippen molar-refractivity contribution < 1.29 is 0 Å². The van der Waals surface area contributed by atoms with E-state index in [4.69, 9.17) is 5.73 Å². The van der Waals surface area contributed by atoms with Crippen molar-refractivity contribution in [2.24, 2.45) is 16.6 Å². The van der Waals surface area contributed by atoms with Crippen molar-refractivity contribution in [1.82, 2.24) is 0 Å². The van der Waals surface area contributed by atoms with E-state index < -0.39 is 0 Å². The summed E-state index contributed by atoms with van der Waals surface area (Å²) in [6, 6.07) is 0. The van der Waals surface area contributed by atoms with E-state index in [-0.39, 0.29) is 16.4 Å². The number of nitrogens with two attached hydrogens (primary N) is 1. The molecule has 17 heavy (non-hydrogen) atoms. The minimum absolute atomic E-state index is 0.202. The molecule has 0 aromatic rings. The van der Waals surface area contributed by atoms with Crippen LogP contribution in [-0.2, 0) is 0 Å². The normalized spacial score (nSPS) is 34.5. The first-order valence-corrected chi connectivity index (χ1v) is 6.57. The van der Waals surface area contributed by atoms with E-state index in [1.165, 1.54) is 24.0 Å². The Morgan fingerprint density at radius 2 is 1.53 bits per heavy atom. The maximum atomic E-state index is 6.54. The molecule has 0 heterocycles. The molecule has 2 rings (SSSR count). The van der Waals surface area contributed by atoms with Crippen molar-refractivity contribution in [2.45, 2.75) is 53.0 Å². The summed E-state index contributed by atoms with van der Waals surface area (Å²) in [6.45, 7) is 11.5. The molecule has 1 nitrogen and oxygen atoms in total. The second-order valence-corrected chi connectivity index (χ2v) is 7.06. The van der Waals surface area contributed by atoms with Gasteiger partial charge in [0.1, 0.15) is 0 Å². The van der Waals surface area contributed by atoms with Crippen LogP contribution in [0.4, 0.5) is 0 Å². The third kappa shape index (κ3) is 2.01. The molecular weight excluding hydrogens is 206 g/mol. The van der Waals surface area contributed by atoms with Crippen molar-refractivity contribution in [3.63, 3.8) is 0 Å². The molecule has 0 bridgehead atoms. The standard InChI is InChI=1S/C16H25N/c1-14(2)10-11-15(3,4)13-12(14)8-6-7-9-16(13,5)17/h6-9H,10-11,17H2,1-5H3. The fourth-order valence-corrected chi connectivity index (χ4v) is 3.41. The minimum atomic E-state index is -0.319. The second kappa shape index (κ2) is 3.58. The average Bonchev–Trinajstić information content (AvgIpc) is 2.33. The summed E-state index contributed by atoms with van der Waals surface area (Å²) in [5, 5.41) is 0. The summed E-state index contributed by atoms with van der Waals surface area (Å²) in [4.78, 5) is 0. The van der Waals surface area contributed by atoms with Gasteiger partial charge in [0.15, 0.2) is 0 Å². The summed E-state index contributed by atoms with van der Waals surface area (Å²) in [5.41, 5.74) is 9.54. The predicted octanol–water partition coefficient (Wildman–Crippen LogP) is 3.97. The number of allylic oxidation sites excluding steroid dienone is 4. The smallest absolute Gasteiger partial charge is 0.0540 e. The van der Waals surface area contributed by atoms with Crippen LogP contribution in [0, 0.1) is 10.8 Å². The molecule has 0 radical (unpaired) electrons. The largest absolute Gasteiger partial charge is 0.319 e. The first kappa shape index (κ1) is 12.6. The number of hydrogen-bond donors (Lipinski definition) is 1. The summed E-state index contributed by atoms with van der Waals surface area (Å²) in [7, 11) is 0. The number of hydrogen-bond acceptors (Lipinski definition) is 1. The van der Waals surface area contributed by atoms with Crippen LogP contribution in [-0.4, -0.2) is 5.54 Å². The fourth-order valence-electron chi connectivity index (χ4n) is 3.41. The lowest BCUT2D eigenvalue weighted by atomic mass is 9.59. The Bertz CT molecular complexity index is 417. The molecular formula is C16H25N. The Labute approximate surface area is 105 Å².